The Morgan fingerprint density at radius 2 is 0.825 bits per heavy atom. The fraction of sp³-hybridized carbons (Fsp3) is 0.134. The normalized spacial score (nSPS) is 13.3. The number of aromatic nitrogens is 4. The molecule has 19 rings (SSSR count). The number of nitrogens with zero attached hydrogens (tertiary/aromatic N) is 12. The fourth-order valence-electron chi connectivity index (χ4n) is 14.7. The van der Waals surface area contributed by atoms with Gasteiger partial charge in [0.25, 0.3) is 0 Å². The molecule has 0 saturated heterocycles. The molecule has 120 heavy (non-hydrogen) atoms. The van der Waals surface area contributed by atoms with E-state index in [1.54, 1.807) is 60.1 Å². The topological polar surface area (TPSA) is 86.7 Å². The van der Waals surface area contributed by atoms with Crippen molar-refractivity contribution >= 4 is 91.5 Å². The number of pyridine rings is 4. The Kier molecular flexibility index (Phi) is 27.6. The number of hydrogen-bond donors (Lipinski definition) is 0. The molecular weight excluding hydrogens is 2230 g/mol. The number of para-hydroxylation sites is 6. The van der Waals surface area contributed by atoms with Crippen LogP contribution < -0.4 is 43.9 Å². The predicted molar refractivity (Wildman–Crippen MR) is 451 cm³/mol. The van der Waals surface area contributed by atoms with Crippen molar-refractivity contribution in [1.29, 1.82) is 0 Å². The Balaban J connectivity index is 0.000000146. The summed E-state index contributed by atoms with van der Waals surface area (Å²) < 4.78 is 87.0. The third-order valence-corrected chi connectivity index (χ3v) is 20.4. The van der Waals surface area contributed by atoms with Crippen LogP contribution in [0, 0.1) is 57.9 Å². The first-order chi connectivity index (χ1) is 56.0. The van der Waals surface area contributed by atoms with E-state index in [9.17, 15) is 26.3 Å². The zero-order chi connectivity index (χ0) is 80.6. The third-order valence-electron chi connectivity index (χ3n) is 20.4. The summed E-state index contributed by atoms with van der Waals surface area (Å²) in [6, 6.07) is 97.7. The number of alkyl halides is 6. The number of hydrogen-bond acceptors (Lipinski definition) is 13. The van der Waals surface area contributed by atoms with Crippen molar-refractivity contribution < 1.29 is 112 Å². The second-order valence-corrected chi connectivity index (χ2v) is 29.7. The van der Waals surface area contributed by atoms with Crippen LogP contribution in [0.1, 0.15) is 93.7 Å². The molecule has 13 nitrogen and oxygen atoms in total. The summed E-state index contributed by atoms with van der Waals surface area (Å²) in [6.07, 6.45) is -2.71. The summed E-state index contributed by atoms with van der Waals surface area (Å²) in [7, 11) is 0. The number of ether oxygens (including phenoxy) is 1. The Labute approximate surface area is 750 Å². The van der Waals surface area contributed by atoms with Gasteiger partial charge in [-0.15, -0.1) is 78.8 Å². The number of fused-ring (bicyclic) bond motifs is 5. The molecule has 618 valence electrons. The second-order valence-electron chi connectivity index (χ2n) is 29.7. The van der Waals surface area contributed by atoms with E-state index in [1.165, 1.54) is 28.3 Å². The van der Waals surface area contributed by atoms with Crippen LogP contribution in [0.5, 0.6) is 11.5 Å². The minimum atomic E-state index is -4.46. The summed E-state index contributed by atoms with van der Waals surface area (Å²) in [5.74, 6) is 5.44. The first-order valence-electron chi connectivity index (χ1n) is 38.0. The molecular formula is C97H78F6Ir4N12O-8. The molecule has 0 N–H and O–H groups in total. The average molecular weight is 2310 g/mol. The number of benzene rings is 10. The molecule has 0 atom stereocenters. The average Bonchev–Trinajstić information content (AvgIpc) is 1.58. The Morgan fingerprint density at radius 3 is 1.34 bits per heavy atom. The minimum Gasteiger partial charge on any atom is -0.478 e. The quantitative estimate of drug-likeness (QED) is 0.0911. The Morgan fingerprint density at radius 1 is 0.358 bits per heavy atom. The third kappa shape index (κ3) is 18.3. The van der Waals surface area contributed by atoms with Crippen molar-refractivity contribution in [2.75, 3.05) is 39.2 Å². The first-order valence-corrected chi connectivity index (χ1v) is 38.0. The van der Waals surface area contributed by atoms with Crippen LogP contribution in [-0.2, 0) is 98.2 Å². The number of halogens is 6. The van der Waals surface area contributed by atoms with Gasteiger partial charge < -0.3 is 43.9 Å². The van der Waals surface area contributed by atoms with Crippen LogP contribution in [0.4, 0.5) is 118 Å². The minimum absolute atomic E-state index is 0. The van der Waals surface area contributed by atoms with Crippen molar-refractivity contribution in [3.05, 3.63) is 376 Å². The molecule has 5 aliphatic heterocycles. The van der Waals surface area contributed by atoms with Gasteiger partial charge in [-0.2, -0.15) is 117 Å². The van der Waals surface area contributed by atoms with Gasteiger partial charge in [0, 0.05) is 128 Å². The van der Waals surface area contributed by atoms with Gasteiger partial charge in [-0.1, -0.05) is 151 Å². The van der Waals surface area contributed by atoms with Crippen molar-refractivity contribution in [1.82, 2.24) is 19.9 Å². The number of rotatable bonds is 11. The summed E-state index contributed by atoms with van der Waals surface area (Å²) >= 11 is 0. The maximum Gasteiger partial charge on any atom is 0.417 e. The molecule has 0 unspecified atom stereocenters. The number of aryl methyl sites for hydroxylation is 1. The maximum atomic E-state index is 13.7. The maximum absolute atomic E-state index is 13.7. The van der Waals surface area contributed by atoms with Gasteiger partial charge in [0.05, 0.1) is 39.6 Å². The molecule has 0 aliphatic carbocycles. The van der Waals surface area contributed by atoms with Crippen molar-refractivity contribution in [3.63, 3.8) is 0 Å². The standard InChI is InChI=1S/C30H29N3.C26H18F3N3.C23H20F3N3.C18H11N3O.4Ir/c1-21(2)26-15-9-16-27(22(3)4)29(26)23-11-8-14-25(19-23)33-20-32(24-12-6-5-7-13-24)28-17-10-18-31-30(28)33;1-18-8-5-13-22(26(27,28)29)24(18)19-9-6-12-21(16-19)32-17-31(20-10-3-2-4-11-20)23-14-7-15-30-25(23)32;1-22(2,3)16-9-11-19(12-10-16)29-15-28(18-7-5-4-6-8-18)20-13-17(23(24,25)26)14-27-21(20)29;1-2-6-13(7-3-1)20-12-21-14-8-4-5-9-15(14)22-16-10-11-19-18(20)17(16)21;;;;/h5-13,15-22H,1-4H3;2-11,13-17H,1H3;4-11,13-15H,1-3H3;1-6,8-12H;;;;/q4*-2;;;;. The largest absolute Gasteiger partial charge is 0.478 e. The molecule has 23 heteroatoms. The van der Waals surface area contributed by atoms with E-state index in [1.807, 2.05) is 198 Å². The first kappa shape index (κ1) is 88.5. The number of anilines is 16. The van der Waals surface area contributed by atoms with Gasteiger partial charge in [0.1, 0.15) is 29.0 Å². The molecule has 0 amide bonds. The summed E-state index contributed by atoms with van der Waals surface area (Å²) in [5, 5.41) is 0. The molecule has 4 radical (unpaired) electrons. The zero-order valence-electron chi connectivity index (χ0n) is 66.1. The van der Waals surface area contributed by atoms with Gasteiger partial charge in [-0.05, 0) is 132 Å². The van der Waals surface area contributed by atoms with Crippen molar-refractivity contribution in [2.24, 2.45) is 0 Å². The summed E-state index contributed by atoms with van der Waals surface area (Å²) in [5.41, 5.74) is 16.6. The van der Waals surface area contributed by atoms with Gasteiger partial charge in [0.2, 0.25) is 0 Å². The van der Waals surface area contributed by atoms with Crippen molar-refractivity contribution in [3.8, 4) is 33.8 Å². The van der Waals surface area contributed by atoms with Crippen LogP contribution in [0.15, 0.2) is 292 Å². The van der Waals surface area contributed by atoms with E-state index in [0.29, 0.717) is 51.7 Å². The van der Waals surface area contributed by atoms with Crippen LogP contribution in [0.25, 0.3) is 22.3 Å². The van der Waals surface area contributed by atoms with Gasteiger partial charge in [-0.3, -0.25) is 0 Å². The Hall–Kier alpha value is -10.8. The van der Waals surface area contributed by atoms with Gasteiger partial charge >= 0.3 is 12.4 Å². The molecule has 0 fully saturated rings. The van der Waals surface area contributed by atoms with Gasteiger partial charge in [0.15, 0.2) is 5.75 Å². The van der Waals surface area contributed by atoms with E-state index in [4.69, 9.17) is 9.72 Å². The van der Waals surface area contributed by atoms with E-state index in [0.717, 1.165) is 98.2 Å². The molecule has 4 aromatic heterocycles. The Bertz CT molecular complexity index is 5830. The van der Waals surface area contributed by atoms with E-state index in [-0.39, 0.29) is 91.4 Å². The van der Waals surface area contributed by atoms with E-state index < -0.39 is 23.5 Å². The molecule has 0 saturated carbocycles. The predicted octanol–water partition coefficient (Wildman–Crippen LogP) is 26.5. The second kappa shape index (κ2) is 37.4. The monoisotopic (exact) mass is 2310 g/mol. The van der Waals surface area contributed by atoms with Gasteiger partial charge in [-0.25, -0.2) is 19.9 Å². The molecule has 0 bridgehead atoms. The van der Waals surface area contributed by atoms with Crippen LogP contribution in [0.3, 0.4) is 0 Å². The van der Waals surface area contributed by atoms with E-state index in [2.05, 4.69) is 170 Å². The van der Waals surface area contributed by atoms with Crippen molar-refractivity contribution in [2.45, 2.75) is 85.0 Å². The van der Waals surface area contributed by atoms with E-state index >= 15 is 0 Å². The molecule has 9 heterocycles. The zero-order valence-corrected chi connectivity index (χ0v) is 75.6. The van der Waals surface area contributed by atoms with Crippen LogP contribution in [-0.4, -0.2) is 19.9 Å². The fourth-order valence-corrected chi connectivity index (χ4v) is 14.7. The molecule has 10 aromatic carbocycles. The summed E-state index contributed by atoms with van der Waals surface area (Å²) in [4.78, 5) is 33.7. The SMILES string of the molecule is CC(C)(C)c1c[c-]c(N2[CH-]N(c3ccccc3)c3cc(C(F)(F)F)cnc32)cc1.CC(C)c1cccc(C(C)C)c1-c1cc[c-]c(N2[CH-]N(c3ccccc3)c3cccnc32)c1.Cc1cccc(C(F)(F)F)c1-c1cc[c-]c(N2[CH-]N(c3ccccc3)c3cccnc32)c1.[Ir].[Ir].[Ir].[Ir].[c-]1ccccc1N1[CH-]N2c3ccccc3Oc3ccnc1c32. The van der Waals surface area contributed by atoms with Crippen LogP contribution in [0.2, 0.25) is 0 Å². The molecule has 5 aliphatic rings. The molecule has 0 spiro atoms. The molecule has 14 aromatic rings. The van der Waals surface area contributed by atoms with Crippen LogP contribution >= 0.6 is 0 Å². The smallest absolute Gasteiger partial charge is 0.417 e. The summed E-state index contributed by atoms with van der Waals surface area (Å²) in [6.45, 7) is 24.9.